The van der Waals surface area contributed by atoms with Gasteiger partial charge in [0.25, 0.3) is 5.92 Å². The molecule has 3 N–H and O–H groups in total. The SMILES string of the molecule is CC(C)(C)OC(N)=O.Fc1cccc(CNCCCC(F)(F)c2ccccc2)c1. The van der Waals surface area contributed by atoms with E-state index < -0.39 is 17.6 Å². The number of hydrogen-bond donors (Lipinski definition) is 2. The molecule has 0 aliphatic rings. The van der Waals surface area contributed by atoms with Crippen molar-refractivity contribution in [2.75, 3.05) is 6.54 Å². The zero-order valence-corrected chi connectivity index (χ0v) is 17.1. The number of rotatable bonds is 7. The first kappa shape index (κ1) is 24.5. The van der Waals surface area contributed by atoms with Crippen molar-refractivity contribution >= 4 is 6.09 Å². The van der Waals surface area contributed by atoms with Crippen molar-refractivity contribution in [3.05, 3.63) is 71.5 Å². The van der Waals surface area contributed by atoms with Gasteiger partial charge < -0.3 is 15.8 Å². The summed E-state index contributed by atoms with van der Waals surface area (Å²) in [5, 5.41) is 3.05. The molecule has 160 valence electrons. The molecular weight excluding hydrogens is 381 g/mol. The molecule has 0 aliphatic carbocycles. The molecule has 0 atom stereocenters. The molecule has 0 unspecified atom stereocenters. The summed E-state index contributed by atoms with van der Waals surface area (Å²) in [6.07, 6.45) is -0.567. The van der Waals surface area contributed by atoms with Gasteiger partial charge in [-0.15, -0.1) is 0 Å². The minimum Gasteiger partial charge on any atom is -0.444 e. The van der Waals surface area contributed by atoms with Gasteiger partial charge >= 0.3 is 6.09 Å². The van der Waals surface area contributed by atoms with E-state index >= 15 is 0 Å². The molecule has 0 saturated heterocycles. The van der Waals surface area contributed by atoms with Gasteiger partial charge in [0.05, 0.1) is 0 Å². The summed E-state index contributed by atoms with van der Waals surface area (Å²) < 4.78 is 45.3. The maximum Gasteiger partial charge on any atom is 0.405 e. The van der Waals surface area contributed by atoms with E-state index in [2.05, 4.69) is 10.1 Å². The fraction of sp³-hybridized carbons (Fsp3) is 0.409. The Balaban J connectivity index is 0.000000447. The highest BCUT2D eigenvalue weighted by molar-refractivity contribution is 5.65. The number of halogens is 3. The molecule has 2 rings (SSSR count). The van der Waals surface area contributed by atoms with Crippen LogP contribution in [-0.2, 0) is 17.2 Å². The van der Waals surface area contributed by atoms with Crippen LogP contribution in [0.3, 0.4) is 0 Å². The lowest BCUT2D eigenvalue weighted by Crippen LogP contribution is -2.27. The maximum atomic E-state index is 13.9. The lowest BCUT2D eigenvalue weighted by molar-refractivity contribution is -0.0151. The number of ether oxygens (including phenoxy) is 1. The van der Waals surface area contributed by atoms with Crippen LogP contribution in [0.1, 0.15) is 44.7 Å². The zero-order valence-electron chi connectivity index (χ0n) is 17.1. The summed E-state index contributed by atoms with van der Waals surface area (Å²) in [7, 11) is 0. The van der Waals surface area contributed by atoms with Gasteiger partial charge in [-0.3, -0.25) is 0 Å². The van der Waals surface area contributed by atoms with Crippen LogP contribution in [0, 0.1) is 5.82 Å². The molecule has 4 nitrogen and oxygen atoms in total. The molecular formula is C22H29F3N2O2. The number of benzene rings is 2. The molecule has 2 aromatic rings. The first-order valence-corrected chi connectivity index (χ1v) is 9.36. The Morgan fingerprint density at radius 3 is 2.24 bits per heavy atom. The first-order chi connectivity index (χ1) is 13.5. The van der Waals surface area contributed by atoms with Crippen LogP contribution in [0.25, 0.3) is 0 Å². The topological polar surface area (TPSA) is 64.3 Å². The Hall–Kier alpha value is -2.54. The summed E-state index contributed by atoms with van der Waals surface area (Å²) in [4.78, 5) is 10.0. The van der Waals surface area contributed by atoms with Gasteiger partial charge in [0.15, 0.2) is 0 Å². The summed E-state index contributed by atoms with van der Waals surface area (Å²) >= 11 is 0. The number of carbonyl (C=O) groups excluding carboxylic acids is 1. The fourth-order valence-electron chi connectivity index (χ4n) is 2.44. The van der Waals surface area contributed by atoms with Crippen molar-refractivity contribution < 1.29 is 22.7 Å². The summed E-state index contributed by atoms with van der Waals surface area (Å²) in [5.41, 5.74) is 5.13. The fourth-order valence-corrected chi connectivity index (χ4v) is 2.44. The van der Waals surface area contributed by atoms with Gasteiger partial charge in [0.1, 0.15) is 11.4 Å². The highest BCUT2D eigenvalue weighted by Gasteiger charge is 2.30. The largest absolute Gasteiger partial charge is 0.444 e. The standard InChI is InChI=1S/C17H18F3N.C5H11NO2/c18-16-9-4-6-14(12-16)13-21-11-5-10-17(19,20)15-7-2-1-3-8-15;1-5(2,3)8-4(6)7/h1-4,6-9,12,21H,5,10-11,13H2;1-3H3,(H2,6,7). The third kappa shape index (κ3) is 11.1. The number of amides is 1. The Kier molecular flexibility index (Phi) is 9.68. The zero-order chi connectivity index (χ0) is 21.9. The molecule has 0 aliphatic heterocycles. The number of primary amides is 1. The van der Waals surface area contributed by atoms with Crippen LogP contribution in [0.5, 0.6) is 0 Å². The van der Waals surface area contributed by atoms with Gasteiger partial charge in [-0.2, -0.15) is 0 Å². The molecule has 7 heteroatoms. The monoisotopic (exact) mass is 410 g/mol. The Bertz CT molecular complexity index is 747. The summed E-state index contributed by atoms with van der Waals surface area (Å²) in [6, 6.07) is 14.1. The normalized spacial score (nSPS) is 11.4. The van der Waals surface area contributed by atoms with Crippen molar-refractivity contribution in [1.82, 2.24) is 5.32 Å². The quantitative estimate of drug-likeness (QED) is 0.604. The predicted octanol–water partition coefficient (Wildman–Crippen LogP) is 5.37. The highest BCUT2D eigenvalue weighted by Crippen LogP contribution is 2.32. The Morgan fingerprint density at radius 2 is 1.72 bits per heavy atom. The molecule has 0 saturated carbocycles. The second-order valence-corrected chi connectivity index (χ2v) is 7.51. The van der Waals surface area contributed by atoms with Gasteiger partial charge in [-0.05, 0) is 51.4 Å². The van der Waals surface area contributed by atoms with E-state index in [1.807, 2.05) is 0 Å². The van der Waals surface area contributed by atoms with E-state index in [0.717, 1.165) is 5.56 Å². The van der Waals surface area contributed by atoms with Crippen LogP contribution < -0.4 is 11.1 Å². The van der Waals surface area contributed by atoms with Crippen molar-refractivity contribution in [1.29, 1.82) is 0 Å². The predicted molar refractivity (Wildman–Crippen MR) is 108 cm³/mol. The Labute approximate surface area is 170 Å². The smallest absolute Gasteiger partial charge is 0.405 e. The Morgan fingerprint density at radius 1 is 1.07 bits per heavy atom. The van der Waals surface area contributed by atoms with Crippen LogP contribution in [0.15, 0.2) is 54.6 Å². The van der Waals surface area contributed by atoms with Gasteiger partial charge in [0, 0.05) is 18.5 Å². The van der Waals surface area contributed by atoms with E-state index in [-0.39, 0.29) is 17.8 Å². The minimum absolute atomic E-state index is 0.0510. The number of alkyl halides is 2. The summed E-state index contributed by atoms with van der Waals surface area (Å²) in [5.74, 6) is -3.09. The molecule has 0 aromatic heterocycles. The van der Waals surface area contributed by atoms with Crippen molar-refractivity contribution in [3.63, 3.8) is 0 Å². The lowest BCUT2D eigenvalue weighted by atomic mass is 10.0. The molecule has 29 heavy (non-hydrogen) atoms. The number of nitrogens with one attached hydrogen (secondary N) is 1. The van der Waals surface area contributed by atoms with Crippen molar-refractivity contribution in [2.24, 2.45) is 5.73 Å². The van der Waals surface area contributed by atoms with Crippen molar-refractivity contribution in [3.8, 4) is 0 Å². The molecule has 0 spiro atoms. The molecule has 0 radical (unpaired) electrons. The first-order valence-electron chi connectivity index (χ1n) is 9.36. The average Bonchev–Trinajstić information content (AvgIpc) is 2.60. The second kappa shape index (κ2) is 11.5. The van der Waals surface area contributed by atoms with Crippen LogP contribution >= 0.6 is 0 Å². The molecule has 0 fully saturated rings. The molecule has 1 amide bonds. The number of hydrogen-bond acceptors (Lipinski definition) is 3. The number of nitrogens with two attached hydrogens (primary N) is 1. The molecule has 0 bridgehead atoms. The average molecular weight is 410 g/mol. The highest BCUT2D eigenvalue weighted by atomic mass is 19.3. The summed E-state index contributed by atoms with van der Waals surface area (Å²) in [6.45, 7) is 6.24. The van der Waals surface area contributed by atoms with Crippen LogP contribution in [-0.4, -0.2) is 18.2 Å². The molecule has 2 aromatic carbocycles. The van der Waals surface area contributed by atoms with E-state index in [9.17, 15) is 18.0 Å². The third-order valence-corrected chi connectivity index (χ3v) is 3.67. The van der Waals surface area contributed by atoms with Crippen LogP contribution in [0.2, 0.25) is 0 Å². The van der Waals surface area contributed by atoms with E-state index in [1.54, 1.807) is 51.1 Å². The lowest BCUT2D eigenvalue weighted by Gasteiger charge is -2.16. The van der Waals surface area contributed by atoms with Gasteiger partial charge in [-0.1, -0.05) is 42.5 Å². The third-order valence-electron chi connectivity index (χ3n) is 3.67. The van der Waals surface area contributed by atoms with Crippen molar-refractivity contribution in [2.45, 2.75) is 51.7 Å². The van der Waals surface area contributed by atoms with Gasteiger partial charge in [0.2, 0.25) is 0 Å². The maximum absolute atomic E-state index is 13.9. The van der Waals surface area contributed by atoms with Gasteiger partial charge in [-0.25, -0.2) is 18.0 Å². The van der Waals surface area contributed by atoms with E-state index in [0.29, 0.717) is 19.5 Å². The van der Waals surface area contributed by atoms with Crippen LogP contribution in [0.4, 0.5) is 18.0 Å². The minimum atomic E-state index is -2.80. The molecule has 0 heterocycles. The number of carbonyl (C=O) groups is 1. The van der Waals surface area contributed by atoms with E-state index in [4.69, 9.17) is 5.73 Å². The van der Waals surface area contributed by atoms with E-state index in [1.165, 1.54) is 24.3 Å². The second-order valence-electron chi connectivity index (χ2n) is 7.51.